The quantitative estimate of drug-likeness (QED) is 0.774. The van der Waals surface area contributed by atoms with Crippen LogP contribution in [0.2, 0.25) is 0 Å². The number of nitrogen functional groups attached to an aromatic ring is 1. The molecule has 0 saturated carbocycles. The van der Waals surface area contributed by atoms with Gasteiger partial charge in [0.25, 0.3) is 0 Å². The Hall–Kier alpha value is -1.45. The smallest absolute Gasteiger partial charge is 0.147 e. The average molecular weight is 262 g/mol. The van der Waals surface area contributed by atoms with Crippen LogP contribution < -0.4 is 11.1 Å². The highest BCUT2D eigenvalue weighted by atomic mass is 15.3. The first-order valence-corrected chi connectivity index (χ1v) is 7.45. The lowest BCUT2D eigenvalue weighted by Gasteiger charge is -2.13. The van der Waals surface area contributed by atoms with E-state index in [1.54, 1.807) is 5.57 Å². The fraction of sp³-hybridized carbons (Fsp3) is 0.667. The van der Waals surface area contributed by atoms with Crippen molar-refractivity contribution in [2.24, 2.45) is 7.05 Å². The molecular formula is C15H26N4. The van der Waals surface area contributed by atoms with E-state index in [1.807, 2.05) is 11.7 Å². The van der Waals surface area contributed by atoms with E-state index in [1.165, 1.54) is 25.7 Å². The second-order valence-electron chi connectivity index (χ2n) is 5.37. The number of hydrogen-bond acceptors (Lipinski definition) is 3. The topological polar surface area (TPSA) is 55.9 Å². The normalized spacial score (nSPS) is 15.4. The van der Waals surface area contributed by atoms with Gasteiger partial charge in [-0.3, -0.25) is 4.68 Å². The maximum Gasteiger partial charge on any atom is 0.147 e. The number of rotatable bonds is 6. The Morgan fingerprint density at radius 2 is 2.21 bits per heavy atom. The van der Waals surface area contributed by atoms with E-state index in [0.29, 0.717) is 0 Å². The molecule has 1 aromatic rings. The van der Waals surface area contributed by atoms with Crippen molar-refractivity contribution in [3.63, 3.8) is 0 Å². The Bertz CT molecular complexity index is 445. The summed E-state index contributed by atoms with van der Waals surface area (Å²) in [5, 5.41) is 7.92. The van der Waals surface area contributed by atoms with Gasteiger partial charge in [0.1, 0.15) is 5.82 Å². The van der Waals surface area contributed by atoms with E-state index in [-0.39, 0.29) is 0 Å². The van der Waals surface area contributed by atoms with Gasteiger partial charge in [0.2, 0.25) is 0 Å². The maximum atomic E-state index is 6.15. The molecule has 0 fully saturated rings. The van der Waals surface area contributed by atoms with Crippen molar-refractivity contribution in [2.75, 3.05) is 17.6 Å². The van der Waals surface area contributed by atoms with Gasteiger partial charge in [-0.2, -0.15) is 5.10 Å². The second-order valence-corrected chi connectivity index (χ2v) is 5.37. The first kappa shape index (κ1) is 14.0. The Kier molecular flexibility index (Phi) is 4.88. The van der Waals surface area contributed by atoms with Gasteiger partial charge >= 0.3 is 0 Å². The Morgan fingerprint density at radius 1 is 1.37 bits per heavy atom. The Morgan fingerprint density at radius 3 is 2.89 bits per heavy atom. The van der Waals surface area contributed by atoms with Crippen molar-refractivity contribution in [2.45, 2.75) is 51.9 Å². The summed E-state index contributed by atoms with van der Waals surface area (Å²) < 4.78 is 1.87. The summed E-state index contributed by atoms with van der Waals surface area (Å²) >= 11 is 0. The molecule has 0 saturated heterocycles. The minimum Gasteiger partial charge on any atom is -0.394 e. The predicted octanol–water partition coefficient (Wildman–Crippen LogP) is 3.26. The van der Waals surface area contributed by atoms with Gasteiger partial charge in [-0.25, -0.2) is 0 Å². The van der Waals surface area contributed by atoms with E-state index < -0.39 is 0 Å². The molecule has 1 heterocycles. The van der Waals surface area contributed by atoms with Crippen LogP contribution in [0, 0.1) is 0 Å². The molecule has 0 aliphatic heterocycles. The first-order valence-electron chi connectivity index (χ1n) is 7.45. The van der Waals surface area contributed by atoms with Crippen LogP contribution in [0.1, 0.15) is 51.1 Å². The Labute approximate surface area is 116 Å². The fourth-order valence-electron chi connectivity index (χ4n) is 2.70. The SMILES string of the molecule is CCCc1nn(C)c(NCCC2=CCCCC2)c1N. The zero-order chi connectivity index (χ0) is 13.7. The molecule has 0 unspecified atom stereocenters. The van der Waals surface area contributed by atoms with Crippen LogP contribution >= 0.6 is 0 Å². The van der Waals surface area contributed by atoms with Crippen molar-refractivity contribution < 1.29 is 0 Å². The zero-order valence-corrected chi connectivity index (χ0v) is 12.2. The summed E-state index contributed by atoms with van der Waals surface area (Å²) in [6.45, 7) is 3.10. The van der Waals surface area contributed by atoms with Crippen LogP contribution in [0.25, 0.3) is 0 Å². The minimum absolute atomic E-state index is 0.821. The molecule has 3 N–H and O–H groups in total. The highest BCUT2D eigenvalue weighted by Gasteiger charge is 2.12. The number of nitrogens with two attached hydrogens (primary N) is 1. The van der Waals surface area contributed by atoms with Crippen LogP contribution in [0.3, 0.4) is 0 Å². The summed E-state index contributed by atoms with van der Waals surface area (Å²) in [6, 6.07) is 0. The third-order valence-electron chi connectivity index (χ3n) is 3.77. The summed E-state index contributed by atoms with van der Waals surface area (Å²) in [4.78, 5) is 0. The van der Waals surface area contributed by atoms with Crippen molar-refractivity contribution in [1.82, 2.24) is 9.78 Å². The Balaban J connectivity index is 1.90. The van der Waals surface area contributed by atoms with Crippen LogP contribution in [0.5, 0.6) is 0 Å². The van der Waals surface area contributed by atoms with Gasteiger partial charge in [-0.05, 0) is 38.5 Å². The third kappa shape index (κ3) is 3.52. The molecular weight excluding hydrogens is 236 g/mol. The van der Waals surface area contributed by atoms with Crippen LogP contribution in [0.4, 0.5) is 11.5 Å². The van der Waals surface area contributed by atoms with Gasteiger partial charge in [0, 0.05) is 13.6 Å². The third-order valence-corrected chi connectivity index (χ3v) is 3.77. The van der Waals surface area contributed by atoms with E-state index in [9.17, 15) is 0 Å². The van der Waals surface area contributed by atoms with Crippen molar-refractivity contribution in [3.8, 4) is 0 Å². The maximum absolute atomic E-state index is 6.15. The number of hydrogen-bond donors (Lipinski definition) is 2. The van der Waals surface area contributed by atoms with Crippen molar-refractivity contribution in [1.29, 1.82) is 0 Å². The molecule has 0 spiro atoms. The number of allylic oxidation sites excluding steroid dienone is 1. The van der Waals surface area contributed by atoms with Gasteiger partial charge in [0.15, 0.2) is 0 Å². The second kappa shape index (κ2) is 6.64. The van der Waals surface area contributed by atoms with Crippen molar-refractivity contribution >= 4 is 11.5 Å². The van der Waals surface area contributed by atoms with Gasteiger partial charge in [0.05, 0.1) is 11.4 Å². The lowest BCUT2D eigenvalue weighted by Crippen LogP contribution is -2.09. The molecule has 2 rings (SSSR count). The molecule has 1 aliphatic rings. The summed E-state index contributed by atoms with van der Waals surface area (Å²) in [7, 11) is 1.96. The van der Waals surface area contributed by atoms with Gasteiger partial charge < -0.3 is 11.1 Å². The van der Waals surface area contributed by atoms with E-state index in [4.69, 9.17) is 5.73 Å². The molecule has 1 aromatic heterocycles. The number of anilines is 2. The fourth-order valence-corrected chi connectivity index (χ4v) is 2.70. The van der Waals surface area contributed by atoms with Crippen molar-refractivity contribution in [3.05, 3.63) is 17.3 Å². The first-order chi connectivity index (χ1) is 9.22. The molecule has 0 atom stereocenters. The molecule has 0 bridgehead atoms. The van der Waals surface area contributed by atoms with Crippen LogP contribution in [-0.2, 0) is 13.5 Å². The van der Waals surface area contributed by atoms with Gasteiger partial charge in [-0.1, -0.05) is 25.0 Å². The lowest BCUT2D eigenvalue weighted by molar-refractivity contribution is 0.677. The summed E-state index contributed by atoms with van der Waals surface area (Å²) in [5.41, 5.74) is 9.58. The summed E-state index contributed by atoms with van der Waals surface area (Å²) in [5.74, 6) is 0.972. The van der Waals surface area contributed by atoms with Crippen LogP contribution in [0.15, 0.2) is 11.6 Å². The van der Waals surface area contributed by atoms with E-state index in [0.717, 1.165) is 43.0 Å². The molecule has 0 amide bonds. The highest BCUT2D eigenvalue weighted by Crippen LogP contribution is 2.24. The molecule has 19 heavy (non-hydrogen) atoms. The minimum atomic E-state index is 0.821. The monoisotopic (exact) mass is 262 g/mol. The molecule has 106 valence electrons. The molecule has 0 aromatic carbocycles. The van der Waals surface area contributed by atoms with Gasteiger partial charge in [-0.15, -0.1) is 0 Å². The largest absolute Gasteiger partial charge is 0.394 e. The zero-order valence-electron chi connectivity index (χ0n) is 12.2. The van der Waals surface area contributed by atoms with E-state index in [2.05, 4.69) is 23.4 Å². The standard InChI is InChI=1S/C15H26N4/c1-3-7-13-14(16)15(19(2)18-13)17-11-10-12-8-5-4-6-9-12/h8,17H,3-7,9-11,16H2,1-2H3. The lowest BCUT2D eigenvalue weighted by atomic mass is 9.97. The van der Waals surface area contributed by atoms with E-state index >= 15 is 0 Å². The predicted molar refractivity (Wildman–Crippen MR) is 81.3 cm³/mol. The number of aromatic nitrogens is 2. The molecule has 0 radical (unpaired) electrons. The molecule has 1 aliphatic carbocycles. The number of aryl methyl sites for hydroxylation is 2. The number of nitrogens with zero attached hydrogens (tertiary/aromatic N) is 2. The molecule has 4 heteroatoms. The highest BCUT2D eigenvalue weighted by molar-refractivity contribution is 5.65. The number of nitrogens with one attached hydrogen (secondary N) is 1. The average Bonchev–Trinajstić information content (AvgIpc) is 2.68. The van der Waals surface area contributed by atoms with Crippen LogP contribution in [-0.4, -0.2) is 16.3 Å². The molecule has 4 nitrogen and oxygen atoms in total. The summed E-state index contributed by atoms with van der Waals surface area (Å²) in [6.07, 6.45) is 10.8.